The summed E-state index contributed by atoms with van der Waals surface area (Å²) in [6, 6.07) is 47.1. The number of benzene rings is 6. The molecule has 0 spiro atoms. The summed E-state index contributed by atoms with van der Waals surface area (Å²) in [5, 5.41) is 2.28. The summed E-state index contributed by atoms with van der Waals surface area (Å²) in [4.78, 5) is 2.44. The molecule has 2 nitrogen and oxygen atoms in total. The van der Waals surface area contributed by atoms with E-state index in [4.69, 9.17) is 4.42 Å². The van der Waals surface area contributed by atoms with Crippen molar-refractivity contribution in [1.82, 2.24) is 0 Å². The highest BCUT2D eigenvalue weighted by Gasteiger charge is 2.39. The Balaban J connectivity index is 1.34. The first-order chi connectivity index (χ1) is 23.5. The minimum absolute atomic E-state index is 0.109. The van der Waals surface area contributed by atoms with Gasteiger partial charge in [-0.05, 0) is 105 Å². The molecule has 0 bridgehead atoms. The Hall–Kier alpha value is -5.08. The topological polar surface area (TPSA) is 16.4 Å². The fourth-order valence-electron chi connectivity index (χ4n) is 8.77. The lowest BCUT2D eigenvalue weighted by Crippen LogP contribution is -2.33. The molecule has 1 heterocycles. The van der Waals surface area contributed by atoms with E-state index in [2.05, 4.69) is 168 Å². The maximum Gasteiger partial charge on any atom is 0.137 e. The Labute approximate surface area is 290 Å². The quantitative estimate of drug-likeness (QED) is 0.191. The van der Waals surface area contributed by atoms with Crippen LogP contribution in [0.3, 0.4) is 0 Å². The Kier molecular flexibility index (Phi) is 6.41. The number of fused-ring (bicyclic) bond motifs is 7. The number of hydrogen-bond acceptors (Lipinski definition) is 2. The maximum absolute atomic E-state index is 6.46. The van der Waals surface area contributed by atoms with Crippen LogP contribution in [0.5, 0.6) is 0 Å². The van der Waals surface area contributed by atoms with Crippen molar-refractivity contribution < 1.29 is 4.42 Å². The van der Waals surface area contributed by atoms with E-state index in [0.717, 1.165) is 33.3 Å². The number of rotatable bonds is 4. The summed E-state index contributed by atoms with van der Waals surface area (Å²) in [5.74, 6) is 0. The van der Waals surface area contributed by atoms with Gasteiger partial charge in [0, 0.05) is 39.2 Å². The van der Waals surface area contributed by atoms with E-state index >= 15 is 0 Å². The monoisotopic (exact) mass is 637 g/mol. The fraction of sp³-hybridized carbons (Fsp3) is 0.234. The molecule has 242 valence electrons. The van der Waals surface area contributed by atoms with Crippen LogP contribution in [0, 0.1) is 0 Å². The van der Waals surface area contributed by atoms with E-state index in [1.807, 2.05) is 6.07 Å². The molecular weight excluding hydrogens is 595 g/mol. The van der Waals surface area contributed by atoms with Crippen LogP contribution < -0.4 is 4.90 Å². The van der Waals surface area contributed by atoms with Gasteiger partial charge in [-0.1, -0.05) is 120 Å². The molecule has 0 fully saturated rings. The number of anilines is 3. The molecule has 9 rings (SSSR count). The highest BCUT2D eigenvalue weighted by atomic mass is 16.3. The molecule has 0 saturated heterocycles. The largest absolute Gasteiger partial charge is 0.456 e. The van der Waals surface area contributed by atoms with Crippen molar-refractivity contribution in [3.8, 4) is 22.3 Å². The average Bonchev–Trinajstić information content (AvgIpc) is 3.58. The Morgan fingerprint density at radius 1 is 0.469 bits per heavy atom. The molecule has 6 aromatic carbocycles. The summed E-state index contributed by atoms with van der Waals surface area (Å²) < 4.78 is 6.46. The zero-order valence-electron chi connectivity index (χ0n) is 29.4. The molecule has 2 aliphatic rings. The second-order valence-electron chi connectivity index (χ2n) is 16.1. The van der Waals surface area contributed by atoms with Crippen molar-refractivity contribution in [2.75, 3.05) is 4.90 Å². The van der Waals surface area contributed by atoms with Crippen LogP contribution >= 0.6 is 0 Å². The molecule has 7 aromatic rings. The predicted molar refractivity (Wildman–Crippen MR) is 207 cm³/mol. The van der Waals surface area contributed by atoms with Gasteiger partial charge in [-0.3, -0.25) is 0 Å². The van der Waals surface area contributed by atoms with Gasteiger partial charge in [0.1, 0.15) is 11.2 Å². The number of furan rings is 1. The number of nitrogens with zero attached hydrogens (tertiary/aromatic N) is 1. The van der Waals surface area contributed by atoms with Crippen LogP contribution in [-0.2, 0) is 16.2 Å². The molecule has 2 heteroatoms. The molecule has 0 amide bonds. The molecule has 0 atom stereocenters. The smallest absolute Gasteiger partial charge is 0.137 e. The molecule has 0 radical (unpaired) electrons. The van der Waals surface area contributed by atoms with Crippen molar-refractivity contribution in [3.05, 3.63) is 150 Å². The van der Waals surface area contributed by atoms with Crippen LogP contribution in [0.4, 0.5) is 17.1 Å². The van der Waals surface area contributed by atoms with Gasteiger partial charge in [-0.25, -0.2) is 0 Å². The standard InChI is InChI=1S/C47H43NO/c1-45(2)24-25-46(3,4)41-26-30(20-23-39(41)45)36-28-37-33-16-10-12-18-38(33)47(5,6)40(37)29-42(36)48(31-14-8-7-9-15-31)32-21-22-35-34-17-11-13-19-43(34)49-44(35)27-32/h7-23,26-29H,24-25H2,1-6H3. The van der Waals surface area contributed by atoms with Gasteiger partial charge in [0.2, 0.25) is 0 Å². The molecule has 49 heavy (non-hydrogen) atoms. The zero-order chi connectivity index (χ0) is 33.7. The third kappa shape index (κ3) is 4.53. The van der Waals surface area contributed by atoms with E-state index in [-0.39, 0.29) is 16.2 Å². The highest BCUT2D eigenvalue weighted by molar-refractivity contribution is 6.06. The van der Waals surface area contributed by atoms with E-state index in [1.165, 1.54) is 63.0 Å². The van der Waals surface area contributed by atoms with E-state index in [9.17, 15) is 0 Å². The minimum atomic E-state index is -0.133. The molecule has 0 N–H and O–H groups in total. The van der Waals surface area contributed by atoms with Crippen molar-refractivity contribution in [2.45, 2.75) is 70.6 Å². The predicted octanol–water partition coefficient (Wildman–Crippen LogP) is 13.4. The van der Waals surface area contributed by atoms with Crippen LogP contribution in [0.15, 0.2) is 132 Å². The van der Waals surface area contributed by atoms with Gasteiger partial charge in [-0.2, -0.15) is 0 Å². The van der Waals surface area contributed by atoms with Crippen LogP contribution in [0.1, 0.15) is 76.6 Å². The third-order valence-corrected chi connectivity index (χ3v) is 11.7. The summed E-state index contributed by atoms with van der Waals surface area (Å²) in [6.45, 7) is 14.4. The lowest BCUT2D eigenvalue weighted by atomic mass is 9.63. The van der Waals surface area contributed by atoms with Crippen molar-refractivity contribution in [2.24, 2.45) is 0 Å². The fourth-order valence-corrected chi connectivity index (χ4v) is 8.77. The third-order valence-electron chi connectivity index (χ3n) is 11.7. The van der Waals surface area contributed by atoms with Crippen molar-refractivity contribution in [1.29, 1.82) is 0 Å². The Bertz CT molecular complexity index is 2420. The van der Waals surface area contributed by atoms with E-state index in [1.54, 1.807) is 0 Å². The SMILES string of the molecule is CC1(C)CCC(C)(C)c2cc(-c3cc4c(cc3N(c3ccccc3)c3ccc5c(c3)oc3ccccc35)C(C)(C)c3ccccc3-4)ccc21. The highest BCUT2D eigenvalue weighted by Crippen LogP contribution is 2.54. The second kappa shape index (κ2) is 10.5. The normalized spacial score (nSPS) is 16.7. The Morgan fingerprint density at radius 3 is 1.98 bits per heavy atom. The summed E-state index contributed by atoms with van der Waals surface area (Å²) >= 11 is 0. The number of para-hydroxylation sites is 2. The maximum atomic E-state index is 6.46. The van der Waals surface area contributed by atoms with Crippen LogP contribution in [0.25, 0.3) is 44.2 Å². The minimum Gasteiger partial charge on any atom is -0.456 e. The lowest BCUT2D eigenvalue weighted by Gasteiger charge is -2.42. The second-order valence-corrected chi connectivity index (χ2v) is 16.1. The summed E-state index contributed by atoms with van der Waals surface area (Å²) in [7, 11) is 0. The molecule has 0 saturated carbocycles. The first-order valence-corrected chi connectivity index (χ1v) is 17.7. The van der Waals surface area contributed by atoms with Gasteiger partial charge < -0.3 is 9.32 Å². The van der Waals surface area contributed by atoms with Gasteiger partial charge in [0.05, 0.1) is 5.69 Å². The van der Waals surface area contributed by atoms with Crippen molar-refractivity contribution >= 4 is 39.0 Å². The Morgan fingerprint density at radius 2 is 1.16 bits per heavy atom. The molecule has 1 aromatic heterocycles. The van der Waals surface area contributed by atoms with Crippen LogP contribution in [0.2, 0.25) is 0 Å². The first-order valence-electron chi connectivity index (χ1n) is 17.7. The molecule has 0 unspecified atom stereocenters. The molecule has 2 aliphatic carbocycles. The average molecular weight is 638 g/mol. The van der Waals surface area contributed by atoms with Gasteiger partial charge >= 0.3 is 0 Å². The van der Waals surface area contributed by atoms with Crippen LogP contribution in [-0.4, -0.2) is 0 Å². The van der Waals surface area contributed by atoms with E-state index in [0.29, 0.717) is 0 Å². The first kappa shape index (κ1) is 30.0. The molecular formula is C47H43NO. The van der Waals surface area contributed by atoms with Gasteiger partial charge in [0.25, 0.3) is 0 Å². The van der Waals surface area contributed by atoms with Gasteiger partial charge in [0.15, 0.2) is 0 Å². The van der Waals surface area contributed by atoms with Gasteiger partial charge in [-0.15, -0.1) is 0 Å². The summed E-state index contributed by atoms with van der Waals surface area (Å²) in [5.41, 5.74) is 16.2. The lowest BCUT2D eigenvalue weighted by molar-refractivity contribution is 0.332. The van der Waals surface area contributed by atoms with Crippen molar-refractivity contribution in [3.63, 3.8) is 0 Å². The molecule has 0 aliphatic heterocycles. The zero-order valence-corrected chi connectivity index (χ0v) is 29.4. The summed E-state index contributed by atoms with van der Waals surface area (Å²) in [6.07, 6.45) is 2.39. The number of hydrogen-bond donors (Lipinski definition) is 0. The van der Waals surface area contributed by atoms with E-state index < -0.39 is 0 Å².